The summed E-state index contributed by atoms with van der Waals surface area (Å²) in [6.07, 6.45) is -0.681. The van der Waals surface area contributed by atoms with Crippen LogP contribution in [-0.4, -0.2) is 54.8 Å². The van der Waals surface area contributed by atoms with Gasteiger partial charge < -0.3 is 19.5 Å². The van der Waals surface area contributed by atoms with Crippen molar-refractivity contribution in [2.75, 3.05) is 26.8 Å². The summed E-state index contributed by atoms with van der Waals surface area (Å²) in [5.74, 6) is -0.393. The molecule has 1 aliphatic rings. The lowest BCUT2D eigenvalue weighted by atomic mass is 10.1. The van der Waals surface area contributed by atoms with Crippen LogP contribution in [0.2, 0.25) is 0 Å². The number of carboxylic acid groups (broad SMARTS) is 1. The molecule has 0 aliphatic carbocycles. The van der Waals surface area contributed by atoms with E-state index in [1.807, 2.05) is 12.1 Å². The molecule has 0 aromatic heterocycles. The third kappa shape index (κ3) is 3.48. The molecule has 1 saturated heterocycles. The molecule has 0 bridgehead atoms. The van der Waals surface area contributed by atoms with Gasteiger partial charge in [0.15, 0.2) is 6.10 Å². The molecule has 0 unspecified atom stereocenters. The van der Waals surface area contributed by atoms with E-state index in [0.717, 1.165) is 11.3 Å². The summed E-state index contributed by atoms with van der Waals surface area (Å²) in [7, 11) is 1.58. The summed E-state index contributed by atoms with van der Waals surface area (Å²) in [5, 5.41) is 8.91. The highest BCUT2D eigenvalue weighted by Crippen LogP contribution is 2.13. The quantitative estimate of drug-likeness (QED) is 0.871. The molecule has 1 aromatic carbocycles. The molecule has 1 heterocycles. The normalized spacial score (nSPS) is 18.6. The van der Waals surface area contributed by atoms with E-state index >= 15 is 0 Å². The van der Waals surface area contributed by atoms with Gasteiger partial charge in [-0.05, 0) is 17.7 Å². The summed E-state index contributed by atoms with van der Waals surface area (Å²) >= 11 is 0. The van der Waals surface area contributed by atoms with Gasteiger partial charge in [0.25, 0.3) is 0 Å². The number of aliphatic carboxylic acids is 1. The molecule has 6 heteroatoms. The van der Waals surface area contributed by atoms with E-state index in [1.54, 1.807) is 19.2 Å². The van der Waals surface area contributed by atoms with Gasteiger partial charge in [-0.2, -0.15) is 0 Å². The van der Waals surface area contributed by atoms with Gasteiger partial charge in [-0.3, -0.25) is 4.79 Å². The standard InChI is InChI=1S/C14H17NO5/c1-19-11-4-2-10(3-5-11)8-13(16)15-6-7-20-12(9-15)14(17)18/h2-5,12H,6-9H2,1H3,(H,17,18)/t12-/m1/s1. The van der Waals surface area contributed by atoms with Crippen molar-refractivity contribution < 1.29 is 24.2 Å². The SMILES string of the molecule is COc1ccc(CC(=O)N2CCO[C@@H](C(=O)O)C2)cc1. The fourth-order valence-corrected chi connectivity index (χ4v) is 2.06. The summed E-state index contributed by atoms with van der Waals surface area (Å²) in [5.41, 5.74) is 0.870. The van der Waals surface area contributed by atoms with Crippen LogP contribution in [0.4, 0.5) is 0 Å². The zero-order valence-corrected chi connectivity index (χ0v) is 11.2. The first-order valence-electron chi connectivity index (χ1n) is 6.35. The lowest BCUT2D eigenvalue weighted by molar-refractivity contribution is -0.159. The molecule has 1 N–H and O–H groups in total. The van der Waals surface area contributed by atoms with Crippen molar-refractivity contribution in [3.63, 3.8) is 0 Å². The van der Waals surface area contributed by atoms with Crippen molar-refractivity contribution in [2.45, 2.75) is 12.5 Å². The maximum absolute atomic E-state index is 12.1. The maximum Gasteiger partial charge on any atom is 0.334 e. The van der Waals surface area contributed by atoms with E-state index in [0.29, 0.717) is 6.54 Å². The largest absolute Gasteiger partial charge is 0.497 e. The number of methoxy groups -OCH3 is 1. The lowest BCUT2D eigenvalue weighted by Gasteiger charge is -2.31. The Hall–Kier alpha value is -2.08. The van der Waals surface area contributed by atoms with E-state index in [-0.39, 0.29) is 25.5 Å². The van der Waals surface area contributed by atoms with Gasteiger partial charge in [-0.25, -0.2) is 4.79 Å². The Labute approximate surface area is 116 Å². The molecule has 20 heavy (non-hydrogen) atoms. The van der Waals surface area contributed by atoms with Crippen LogP contribution in [0, 0.1) is 0 Å². The zero-order valence-electron chi connectivity index (χ0n) is 11.2. The van der Waals surface area contributed by atoms with Gasteiger partial charge >= 0.3 is 5.97 Å². The number of carbonyl (C=O) groups is 2. The van der Waals surface area contributed by atoms with Crippen molar-refractivity contribution >= 4 is 11.9 Å². The number of rotatable bonds is 4. The number of hydrogen-bond acceptors (Lipinski definition) is 4. The van der Waals surface area contributed by atoms with E-state index in [9.17, 15) is 9.59 Å². The van der Waals surface area contributed by atoms with Gasteiger partial charge in [0.05, 0.1) is 26.7 Å². The molecule has 108 valence electrons. The lowest BCUT2D eigenvalue weighted by Crippen LogP contribution is -2.49. The van der Waals surface area contributed by atoms with Crippen molar-refractivity contribution in [1.82, 2.24) is 4.90 Å². The molecule has 6 nitrogen and oxygen atoms in total. The van der Waals surface area contributed by atoms with E-state index in [4.69, 9.17) is 14.6 Å². The second kappa shape index (κ2) is 6.38. The van der Waals surface area contributed by atoms with E-state index < -0.39 is 12.1 Å². The minimum atomic E-state index is -1.04. The summed E-state index contributed by atoms with van der Waals surface area (Å²) in [6.45, 7) is 0.786. The highest BCUT2D eigenvalue weighted by Gasteiger charge is 2.28. The highest BCUT2D eigenvalue weighted by atomic mass is 16.5. The molecule has 2 rings (SSSR count). The number of amides is 1. The first-order valence-corrected chi connectivity index (χ1v) is 6.35. The molecule has 0 spiro atoms. The van der Waals surface area contributed by atoms with Crippen LogP contribution >= 0.6 is 0 Å². The van der Waals surface area contributed by atoms with Gasteiger partial charge in [0.1, 0.15) is 5.75 Å². The van der Waals surface area contributed by atoms with Crippen molar-refractivity contribution in [3.8, 4) is 5.75 Å². The summed E-state index contributed by atoms with van der Waals surface area (Å²) in [6, 6.07) is 7.24. The third-order valence-corrected chi connectivity index (χ3v) is 3.21. The number of benzene rings is 1. The third-order valence-electron chi connectivity index (χ3n) is 3.21. The molecular weight excluding hydrogens is 262 g/mol. The number of morpholine rings is 1. The van der Waals surface area contributed by atoms with Crippen LogP contribution in [0.15, 0.2) is 24.3 Å². The monoisotopic (exact) mass is 279 g/mol. The summed E-state index contributed by atoms with van der Waals surface area (Å²) < 4.78 is 10.1. The Bertz CT molecular complexity index is 485. The molecule has 0 saturated carbocycles. The van der Waals surface area contributed by atoms with Crippen LogP contribution < -0.4 is 4.74 Å². The van der Waals surface area contributed by atoms with Gasteiger partial charge in [0.2, 0.25) is 5.91 Å². The number of hydrogen-bond donors (Lipinski definition) is 1. The van der Waals surface area contributed by atoms with E-state index in [2.05, 4.69) is 0 Å². The van der Waals surface area contributed by atoms with Gasteiger partial charge in [0, 0.05) is 6.54 Å². The van der Waals surface area contributed by atoms with Crippen molar-refractivity contribution in [2.24, 2.45) is 0 Å². The molecule has 1 amide bonds. The Kier molecular flexibility index (Phi) is 4.57. The van der Waals surface area contributed by atoms with Crippen molar-refractivity contribution in [1.29, 1.82) is 0 Å². The molecule has 1 atom stereocenters. The summed E-state index contributed by atoms with van der Waals surface area (Å²) in [4.78, 5) is 24.5. The number of ether oxygens (including phenoxy) is 2. The predicted octanol–water partition coefficient (Wildman–Crippen LogP) is 0.550. The van der Waals surface area contributed by atoms with Crippen molar-refractivity contribution in [3.05, 3.63) is 29.8 Å². The number of nitrogens with zero attached hydrogens (tertiary/aromatic N) is 1. The highest BCUT2D eigenvalue weighted by molar-refractivity contribution is 5.80. The Morgan fingerprint density at radius 3 is 2.70 bits per heavy atom. The molecule has 1 aliphatic heterocycles. The Balaban J connectivity index is 1.95. The number of carbonyl (C=O) groups excluding carboxylic acids is 1. The molecule has 1 fully saturated rings. The second-order valence-corrected chi connectivity index (χ2v) is 4.56. The number of carboxylic acids is 1. The van der Waals surface area contributed by atoms with Gasteiger partial charge in [-0.15, -0.1) is 0 Å². The predicted molar refractivity (Wildman–Crippen MR) is 70.7 cm³/mol. The molecule has 1 aromatic rings. The minimum Gasteiger partial charge on any atom is -0.497 e. The fraction of sp³-hybridized carbons (Fsp3) is 0.429. The second-order valence-electron chi connectivity index (χ2n) is 4.56. The Morgan fingerprint density at radius 1 is 1.40 bits per heavy atom. The topological polar surface area (TPSA) is 76.1 Å². The maximum atomic E-state index is 12.1. The minimum absolute atomic E-state index is 0.0929. The smallest absolute Gasteiger partial charge is 0.334 e. The van der Waals surface area contributed by atoms with Crippen LogP contribution in [0.5, 0.6) is 5.75 Å². The fourth-order valence-electron chi connectivity index (χ4n) is 2.06. The molecular formula is C14H17NO5. The average molecular weight is 279 g/mol. The van der Waals surface area contributed by atoms with Crippen LogP contribution in [-0.2, 0) is 20.7 Å². The van der Waals surface area contributed by atoms with Crippen LogP contribution in [0.3, 0.4) is 0 Å². The van der Waals surface area contributed by atoms with E-state index in [1.165, 1.54) is 4.90 Å². The first kappa shape index (κ1) is 14.3. The van der Waals surface area contributed by atoms with Gasteiger partial charge in [-0.1, -0.05) is 12.1 Å². The average Bonchev–Trinajstić information content (AvgIpc) is 2.48. The zero-order chi connectivity index (χ0) is 14.5. The van der Waals surface area contributed by atoms with Crippen LogP contribution in [0.25, 0.3) is 0 Å². The molecule has 0 radical (unpaired) electrons. The Morgan fingerprint density at radius 2 is 2.10 bits per heavy atom. The van der Waals surface area contributed by atoms with Crippen LogP contribution in [0.1, 0.15) is 5.56 Å². The first-order chi connectivity index (χ1) is 9.60.